The molecule has 0 unspecified atom stereocenters. The quantitative estimate of drug-likeness (QED) is 0.546. The summed E-state index contributed by atoms with van der Waals surface area (Å²) in [6.07, 6.45) is 0. The largest absolute Gasteiger partial charge is 0.497 e. The zero-order chi connectivity index (χ0) is 20.6. The molecule has 2 N–H and O–H groups in total. The normalized spacial score (nSPS) is 12.4. The second kappa shape index (κ2) is 9.68. The standard InChI is InChI=1S/C21H26N4O4/c1-25(2)20(26)13-24-21(22-11-15-4-7-17(27-3)8-5-15)23-12-16-6-9-18-19(10-16)29-14-28-18/h4-10H,11-14H2,1-3H3,(H2,22,23,24). The average Bonchev–Trinajstić information content (AvgIpc) is 3.21. The summed E-state index contributed by atoms with van der Waals surface area (Å²) in [5, 5.41) is 6.35. The summed E-state index contributed by atoms with van der Waals surface area (Å²) in [6, 6.07) is 13.5. The lowest BCUT2D eigenvalue weighted by atomic mass is 10.2. The number of ether oxygens (including phenoxy) is 3. The third-order valence-corrected chi connectivity index (χ3v) is 4.38. The van der Waals surface area contributed by atoms with E-state index in [0.29, 0.717) is 19.0 Å². The molecule has 8 heteroatoms. The van der Waals surface area contributed by atoms with Gasteiger partial charge in [0.05, 0.1) is 20.2 Å². The van der Waals surface area contributed by atoms with E-state index in [1.807, 2.05) is 42.5 Å². The average molecular weight is 398 g/mol. The van der Waals surface area contributed by atoms with E-state index in [9.17, 15) is 4.79 Å². The zero-order valence-electron chi connectivity index (χ0n) is 16.9. The number of amides is 1. The molecule has 29 heavy (non-hydrogen) atoms. The van der Waals surface area contributed by atoms with Gasteiger partial charge in [0.15, 0.2) is 17.5 Å². The number of nitrogens with one attached hydrogen (secondary N) is 2. The van der Waals surface area contributed by atoms with Crippen molar-refractivity contribution in [2.45, 2.75) is 13.1 Å². The molecular weight excluding hydrogens is 372 g/mol. The van der Waals surface area contributed by atoms with Crippen molar-refractivity contribution in [3.8, 4) is 17.2 Å². The van der Waals surface area contributed by atoms with Crippen LogP contribution >= 0.6 is 0 Å². The van der Waals surface area contributed by atoms with Crippen LogP contribution in [0.2, 0.25) is 0 Å². The van der Waals surface area contributed by atoms with E-state index in [2.05, 4.69) is 15.6 Å². The second-order valence-electron chi connectivity index (χ2n) is 6.70. The molecule has 0 aromatic heterocycles. The molecule has 0 radical (unpaired) electrons. The number of likely N-dealkylation sites (N-methyl/N-ethyl adjacent to an activating group) is 1. The summed E-state index contributed by atoms with van der Waals surface area (Å²) < 4.78 is 15.9. The number of benzene rings is 2. The molecule has 0 spiro atoms. The van der Waals surface area contributed by atoms with Gasteiger partial charge in [-0.05, 0) is 35.4 Å². The van der Waals surface area contributed by atoms with Gasteiger partial charge in [-0.25, -0.2) is 4.99 Å². The Morgan fingerprint density at radius 3 is 2.52 bits per heavy atom. The van der Waals surface area contributed by atoms with Crippen LogP contribution in [0.4, 0.5) is 0 Å². The van der Waals surface area contributed by atoms with Crippen molar-refractivity contribution in [2.75, 3.05) is 34.5 Å². The van der Waals surface area contributed by atoms with Crippen LogP contribution in [0.3, 0.4) is 0 Å². The fourth-order valence-electron chi connectivity index (χ4n) is 2.63. The molecule has 3 rings (SSSR count). The Hall–Kier alpha value is -3.42. The van der Waals surface area contributed by atoms with Gasteiger partial charge in [0.1, 0.15) is 5.75 Å². The number of hydrogen-bond acceptors (Lipinski definition) is 5. The van der Waals surface area contributed by atoms with Crippen LogP contribution < -0.4 is 24.8 Å². The summed E-state index contributed by atoms with van der Waals surface area (Å²) in [5.74, 6) is 2.78. The number of guanidine groups is 1. The fourth-order valence-corrected chi connectivity index (χ4v) is 2.63. The lowest BCUT2D eigenvalue weighted by Gasteiger charge is -2.15. The Bertz CT molecular complexity index is 865. The summed E-state index contributed by atoms with van der Waals surface area (Å²) in [5.41, 5.74) is 2.06. The molecule has 8 nitrogen and oxygen atoms in total. The highest BCUT2D eigenvalue weighted by molar-refractivity contribution is 5.86. The minimum absolute atomic E-state index is 0.0352. The summed E-state index contributed by atoms with van der Waals surface area (Å²) in [4.78, 5) is 18.1. The highest BCUT2D eigenvalue weighted by Crippen LogP contribution is 2.32. The van der Waals surface area contributed by atoms with E-state index in [0.717, 1.165) is 28.4 Å². The third kappa shape index (κ3) is 5.78. The molecule has 1 heterocycles. The van der Waals surface area contributed by atoms with E-state index >= 15 is 0 Å². The van der Waals surface area contributed by atoms with Gasteiger partial charge in [0.2, 0.25) is 12.7 Å². The van der Waals surface area contributed by atoms with Crippen LogP contribution in [0.5, 0.6) is 17.2 Å². The molecule has 2 aromatic rings. The SMILES string of the molecule is COc1ccc(CNC(=NCc2ccc3c(c2)OCO3)NCC(=O)N(C)C)cc1. The molecule has 1 aliphatic rings. The maximum absolute atomic E-state index is 11.9. The van der Waals surface area contributed by atoms with E-state index in [1.54, 1.807) is 21.2 Å². The molecule has 0 fully saturated rings. The van der Waals surface area contributed by atoms with E-state index in [-0.39, 0.29) is 19.2 Å². The zero-order valence-corrected chi connectivity index (χ0v) is 16.9. The summed E-state index contributed by atoms with van der Waals surface area (Å²) >= 11 is 0. The molecule has 0 saturated heterocycles. The lowest BCUT2D eigenvalue weighted by Crippen LogP contribution is -2.42. The summed E-state index contributed by atoms with van der Waals surface area (Å²) in [6.45, 7) is 1.39. The number of rotatable bonds is 7. The van der Waals surface area contributed by atoms with Gasteiger partial charge in [-0.15, -0.1) is 0 Å². The van der Waals surface area contributed by atoms with Gasteiger partial charge >= 0.3 is 0 Å². The molecule has 2 aromatic carbocycles. The third-order valence-electron chi connectivity index (χ3n) is 4.38. The Morgan fingerprint density at radius 1 is 1.07 bits per heavy atom. The van der Waals surface area contributed by atoms with Crippen molar-refractivity contribution in [3.63, 3.8) is 0 Å². The Morgan fingerprint density at radius 2 is 1.79 bits per heavy atom. The van der Waals surface area contributed by atoms with Crippen LogP contribution in [-0.2, 0) is 17.9 Å². The first-order valence-corrected chi connectivity index (χ1v) is 9.29. The fraction of sp³-hybridized carbons (Fsp3) is 0.333. The minimum Gasteiger partial charge on any atom is -0.497 e. The molecule has 0 aliphatic carbocycles. The highest BCUT2D eigenvalue weighted by atomic mass is 16.7. The maximum Gasteiger partial charge on any atom is 0.241 e. The lowest BCUT2D eigenvalue weighted by molar-refractivity contribution is -0.127. The molecular formula is C21H26N4O4. The topological polar surface area (TPSA) is 84.4 Å². The molecule has 0 bridgehead atoms. The number of methoxy groups -OCH3 is 1. The number of fused-ring (bicyclic) bond motifs is 1. The molecule has 1 amide bonds. The van der Waals surface area contributed by atoms with Crippen LogP contribution in [0, 0.1) is 0 Å². The van der Waals surface area contributed by atoms with Crippen LogP contribution in [0.15, 0.2) is 47.5 Å². The van der Waals surface area contributed by atoms with E-state index in [1.165, 1.54) is 4.90 Å². The first-order chi connectivity index (χ1) is 14.0. The maximum atomic E-state index is 11.9. The smallest absolute Gasteiger partial charge is 0.241 e. The molecule has 0 saturated carbocycles. The Kier molecular flexibility index (Phi) is 6.78. The number of carbonyl (C=O) groups excluding carboxylic acids is 1. The second-order valence-corrected chi connectivity index (χ2v) is 6.70. The molecule has 154 valence electrons. The van der Waals surface area contributed by atoms with Gasteiger partial charge in [0, 0.05) is 20.6 Å². The van der Waals surface area contributed by atoms with Crippen molar-refractivity contribution in [1.82, 2.24) is 15.5 Å². The van der Waals surface area contributed by atoms with Gasteiger partial charge in [-0.2, -0.15) is 0 Å². The van der Waals surface area contributed by atoms with Crippen molar-refractivity contribution in [2.24, 2.45) is 4.99 Å². The van der Waals surface area contributed by atoms with Crippen LogP contribution in [0.1, 0.15) is 11.1 Å². The Balaban J connectivity index is 1.65. The number of hydrogen-bond donors (Lipinski definition) is 2. The number of nitrogens with zero attached hydrogens (tertiary/aromatic N) is 2. The van der Waals surface area contributed by atoms with Crippen molar-refractivity contribution >= 4 is 11.9 Å². The van der Waals surface area contributed by atoms with Crippen LogP contribution in [0.25, 0.3) is 0 Å². The van der Waals surface area contributed by atoms with Crippen molar-refractivity contribution in [1.29, 1.82) is 0 Å². The van der Waals surface area contributed by atoms with Crippen LogP contribution in [-0.4, -0.2) is 51.3 Å². The minimum atomic E-state index is -0.0352. The highest BCUT2D eigenvalue weighted by Gasteiger charge is 2.13. The number of aliphatic imine (C=N–C) groups is 1. The first kappa shape index (κ1) is 20.3. The predicted molar refractivity (Wildman–Crippen MR) is 110 cm³/mol. The van der Waals surface area contributed by atoms with Gasteiger partial charge in [-0.3, -0.25) is 4.79 Å². The first-order valence-electron chi connectivity index (χ1n) is 9.29. The monoisotopic (exact) mass is 398 g/mol. The van der Waals surface area contributed by atoms with Crippen molar-refractivity contribution < 1.29 is 19.0 Å². The summed E-state index contributed by atoms with van der Waals surface area (Å²) in [7, 11) is 5.08. The van der Waals surface area contributed by atoms with Crippen molar-refractivity contribution in [3.05, 3.63) is 53.6 Å². The Labute approximate surface area is 170 Å². The van der Waals surface area contributed by atoms with Gasteiger partial charge < -0.3 is 29.7 Å². The molecule has 1 aliphatic heterocycles. The number of carbonyl (C=O) groups is 1. The molecule has 0 atom stereocenters. The predicted octanol–water partition coefficient (Wildman–Crippen LogP) is 1.75. The van der Waals surface area contributed by atoms with Gasteiger partial charge in [0.25, 0.3) is 0 Å². The van der Waals surface area contributed by atoms with E-state index in [4.69, 9.17) is 14.2 Å². The van der Waals surface area contributed by atoms with Gasteiger partial charge in [-0.1, -0.05) is 18.2 Å². The van der Waals surface area contributed by atoms with E-state index < -0.39 is 0 Å².